The van der Waals surface area contributed by atoms with Crippen molar-refractivity contribution in [1.82, 2.24) is 15.6 Å². The van der Waals surface area contributed by atoms with Crippen LogP contribution in [0.2, 0.25) is 0 Å². The van der Waals surface area contributed by atoms with E-state index in [1.807, 2.05) is 20.8 Å². The highest BCUT2D eigenvalue weighted by atomic mass is 19.1. The second-order valence-corrected chi connectivity index (χ2v) is 7.53. The lowest BCUT2D eigenvalue weighted by atomic mass is 9.78. The van der Waals surface area contributed by atoms with E-state index in [4.69, 9.17) is 0 Å². The van der Waals surface area contributed by atoms with Gasteiger partial charge in [0.15, 0.2) is 0 Å². The average molecular weight is 349 g/mol. The van der Waals surface area contributed by atoms with E-state index in [2.05, 4.69) is 15.6 Å². The molecule has 0 saturated carbocycles. The average Bonchev–Trinajstić information content (AvgIpc) is 2.98. The minimum absolute atomic E-state index is 0.0329. The van der Waals surface area contributed by atoms with Gasteiger partial charge in [0.2, 0.25) is 5.91 Å². The van der Waals surface area contributed by atoms with Gasteiger partial charge >= 0.3 is 0 Å². The van der Waals surface area contributed by atoms with Gasteiger partial charge in [-0.15, -0.1) is 0 Å². The van der Waals surface area contributed by atoms with Crippen LogP contribution in [0.5, 0.6) is 0 Å². The summed E-state index contributed by atoms with van der Waals surface area (Å²) in [5.41, 5.74) is -0.190. The highest BCUT2D eigenvalue weighted by molar-refractivity contribution is 5.98. The third-order valence-electron chi connectivity index (χ3n) is 4.59. The van der Waals surface area contributed by atoms with E-state index in [1.54, 1.807) is 0 Å². The highest BCUT2D eigenvalue weighted by Crippen LogP contribution is 2.27. The van der Waals surface area contributed by atoms with Crippen molar-refractivity contribution >= 4 is 22.7 Å². The summed E-state index contributed by atoms with van der Waals surface area (Å²) in [5.74, 6) is -1.71. The van der Waals surface area contributed by atoms with Crippen LogP contribution in [0.25, 0.3) is 10.9 Å². The predicted octanol–water partition coefficient (Wildman–Crippen LogP) is 2.87. The zero-order valence-electron chi connectivity index (χ0n) is 14.4. The number of carbonyl (C=O) groups excluding carboxylic acids is 2. The van der Waals surface area contributed by atoms with Crippen molar-refractivity contribution in [2.75, 3.05) is 0 Å². The van der Waals surface area contributed by atoms with Crippen LogP contribution in [0.4, 0.5) is 8.78 Å². The van der Waals surface area contributed by atoms with E-state index in [1.165, 1.54) is 6.07 Å². The van der Waals surface area contributed by atoms with Gasteiger partial charge in [-0.3, -0.25) is 9.59 Å². The third kappa shape index (κ3) is 3.36. The SMILES string of the molecule is CC(C)(C)[C@@H]1NC(=O)CC[C@H]1NC(=O)c1cc2c(F)ccc(F)c2[nH]1. The zero-order chi connectivity index (χ0) is 18.4. The van der Waals surface area contributed by atoms with Crippen molar-refractivity contribution in [2.24, 2.45) is 5.41 Å². The first-order valence-electron chi connectivity index (χ1n) is 8.24. The van der Waals surface area contributed by atoms with E-state index >= 15 is 0 Å². The Balaban J connectivity index is 1.85. The molecule has 1 saturated heterocycles. The van der Waals surface area contributed by atoms with Gasteiger partial charge in [-0.25, -0.2) is 8.78 Å². The minimum atomic E-state index is -0.618. The van der Waals surface area contributed by atoms with Crippen LogP contribution in [-0.4, -0.2) is 28.9 Å². The Morgan fingerprint density at radius 1 is 1.24 bits per heavy atom. The Labute approximate surface area is 144 Å². The van der Waals surface area contributed by atoms with Gasteiger partial charge in [0.05, 0.1) is 17.6 Å². The van der Waals surface area contributed by atoms with Crippen molar-refractivity contribution in [2.45, 2.75) is 45.7 Å². The third-order valence-corrected chi connectivity index (χ3v) is 4.59. The smallest absolute Gasteiger partial charge is 0.268 e. The monoisotopic (exact) mass is 349 g/mol. The summed E-state index contributed by atoms with van der Waals surface area (Å²) in [5, 5.41) is 5.84. The zero-order valence-corrected chi connectivity index (χ0v) is 14.4. The molecule has 2 atom stereocenters. The maximum atomic E-state index is 13.8. The number of aromatic nitrogens is 1. The molecule has 0 unspecified atom stereocenters. The molecule has 134 valence electrons. The van der Waals surface area contributed by atoms with Gasteiger partial charge in [-0.1, -0.05) is 20.8 Å². The first-order valence-corrected chi connectivity index (χ1v) is 8.24. The maximum absolute atomic E-state index is 13.8. The summed E-state index contributed by atoms with van der Waals surface area (Å²) in [6.45, 7) is 5.95. The Morgan fingerprint density at radius 2 is 1.92 bits per heavy atom. The van der Waals surface area contributed by atoms with E-state index in [0.29, 0.717) is 12.8 Å². The molecule has 1 aromatic heterocycles. The summed E-state index contributed by atoms with van der Waals surface area (Å²) in [6.07, 6.45) is 0.843. The number of carbonyl (C=O) groups is 2. The van der Waals surface area contributed by atoms with Crippen molar-refractivity contribution < 1.29 is 18.4 Å². The molecule has 2 aromatic rings. The second-order valence-electron chi connectivity index (χ2n) is 7.53. The van der Waals surface area contributed by atoms with Crippen LogP contribution in [0, 0.1) is 17.0 Å². The predicted molar refractivity (Wildman–Crippen MR) is 90.1 cm³/mol. The fraction of sp³-hybridized carbons (Fsp3) is 0.444. The molecule has 0 spiro atoms. The fourth-order valence-electron chi connectivity index (χ4n) is 3.29. The molecule has 3 N–H and O–H groups in total. The highest BCUT2D eigenvalue weighted by Gasteiger charge is 2.37. The van der Waals surface area contributed by atoms with E-state index in [9.17, 15) is 18.4 Å². The number of piperidine rings is 1. The Morgan fingerprint density at radius 3 is 2.56 bits per heavy atom. The summed E-state index contributed by atoms with van der Waals surface area (Å²) >= 11 is 0. The molecule has 2 amide bonds. The lowest BCUT2D eigenvalue weighted by molar-refractivity contribution is -0.125. The van der Waals surface area contributed by atoms with Crippen LogP contribution < -0.4 is 10.6 Å². The lowest BCUT2D eigenvalue weighted by Gasteiger charge is -2.40. The molecule has 0 bridgehead atoms. The molecule has 0 radical (unpaired) electrons. The van der Waals surface area contributed by atoms with Gasteiger partial charge in [0.25, 0.3) is 5.91 Å². The summed E-state index contributed by atoms with van der Waals surface area (Å²) < 4.78 is 27.6. The van der Waals surface area contributed by atoms with E-state index in [-0.39, 0.29) is 40.0 Å². The molecule has 1 aromatic carbocycles. The molecule has 1 aliphatic heterocycles. The number of aromatic amines is 1. The molecule has 0 aliphatic carbocycles. The van der Waals surface area contributed by atoms with Crippen molar-refractivity contribution in [3.63, 3.8) is 0 Å². The molecule has 5 nitrogen and oxygen atoms in total. The maximum Gasteiger partial charge on any atom is 0.268 e. The van der Waals surface area contributed by atoms with Crippen LogP contribution in [0.3, 0.4) is 0 Å². The van der Waals surface area contributed by atoms with Crippen LogP contribution in [0.15, 0.2) is 18.2 Å². The number of nitrogens with one attached hydrogen (secondary N) is 3. The number of hydrogen-bond donors (Lipinski definition) is 3. The van der Waals surface area contributed by atoms with Crippen molar-refractivity contribution in [3.8, 4) is 0 Å². The quantitative estimate of drug-likeness (QED) is 0.780. The Kier molecular flexibility index (Phi) is 4.26. The number of halogens is 2. The van der Waals surface area contributed by atoms with Crippen LogP contribution in [-0.2, 0) is 4.79 Å². The van der Waals surface area contributed by atoms with E-state index < -0.39 is 17.5 Å². The summed E-state index contributed by atoms with van der Waals surface area (Å²) in [6, 6.07) is 2.86. The van der Waals surface area contributed by atoms with Gasteiger partial charge in [0, 0.05) is 11.8 Å². The molecular formula is C18H21F2N3O2. The van der Waals surface area contributed by atoms with Crippen LogP contribution >= 0.6 is 0 Å². The van der Waals surface area contributed by atoms with Crippen molar-refractivity contribution in [1.29, 1.82) is 0 Å². The molecule has 7 heteroatoms. The number of H-pyrrole nitrogens is 1. The molecule has 1 fully saturated rings. The molecule has 2 heterocycles. The first kappa shape index (κ1) is 17.4. The summed E-state index contributed by atoms with van der Waals surface area (Å²) in [7, 11) is 0. The minimum Gasteiger partial charge on any atom is -0.351 e. The normalized spacial score (nSPS) is 21.2. The first-order chi connectivity index (χ1) is 11.7. The second kappa shape index (κ2) is 6.13. The number of hydrogen-bond acceptors (Lipinski definition) is 2. The van der Waals surface area contributed by atoms with Gasteiger partial charge < -0.3 is 15.6 Å². The molecule has 1 aliphatic rings. The van der Waals surface area contributed by atoms with Gasteiger partial charge in [0.1, 0.15) is 17.3 Å². The largest absolute Gasteiger partial charge is 0.351 e. The van der Waals surface area contributed by atoms with E-state index in [0.717, 1.165) is 12.1 Å². The number of rotatable bonds is 2. The summed E-state index contributed by atoms with van der Waals surface area (Å²) in [4.78, 5) is 26.9. The number of benzene rings is 1. The standard InChI is InChI=1S/C18H21F2N3O2/c1-18(2,3)16-12(6-7-14(24)23-16)22-17(25)13-8-9-10(19)4-5-11(20)15(9)21-13/h4-5,8,12,16,21H,6-7H2,1-3H3,(H,22,25)(H,23,24)/t12-,16-/m1/s1. The lowest BCUT2D eigenvalue weighted by Crippen LogP contribution is -2.60. The van der Waals surface area contributed by atoms with Crippen LogP contribution in [0.1, 0.15) is 44.1 Å². The number of fused-ring (bicyclic) bond motifs is 1. The Bertz CT molecular complexity index is 800. The fourth-order valence-corrected chi connectivity index (χ4v) is 3.29. The van der Waals surface area contributed by atoms with Crippen molar-refractivity contribution in [3.05, 3.63) is 35.5 Å². The van der Waals surface area contributed by atoms with Gasteiger partial charge in [-0.05, 0) is 30.0 Å². The Hall–Kier alpha value is -2.44. The number of amides is 2. The molecule has 25 heavy (non-hydrogen) atoms. The topological polar surface area (TPSA) is 74.0 Å². The van der Waals surface area contributed by atoms with Gasteiger partial charge in [-0.2, -0.15) is 0 Å². The molecular weight excluding hydrogens is 328 g/mol. The molecule has 3 rings (SSSR count).